The van der Waals surface area contributed by atoms with Gasteiger partial charge in [0.05, 0.1) is 0 Å². The summed E-state index contributed by atoms with van der Waals surface area (Å²) in [6.45, 7) is 4.43. The van der Waals surface area contributed by atoms with Gasteiger partial charge in [0.25, 0.3) is 0 Å². The lowest BCUT2D eigenvalue weighted by Gasteiger charge is -2.54. The zero-order valence-electron chi connectivity index (χ0n) is 7.21. The Morgan fingerprint density at radius 2 is 1.91 bits per heavy atom. The number of carbonyl (C=O) groups is 1. The normalized spacial score (nSPS) is 37.5. The van der Waals surface area contributed by atoms with Crippen molar-refractivity contribution < 1.29 is 4.79 Å². The summed E-state index contributed by atoms with van der Waals surface area (Å²) < 4.78 is 0. The summed E-state index contributed by atoms with van der Waals surface area (Å²) in [6, 6.07) is 1.83. The van der Waals surface area contributed by atoms with Gasteiger partial charge in [-0.05, 0) is 20.3 Å². The van der Waals surface area contributed by atoms with Crippen LogP contribution in [0.4, 0.5) is 0 Å². The minimum atomic E-state index is 0.475. The lowest BCUT2D eigenvalue weighted by Crippen LogP contribution is -2.63. The van der Waals surface area contributed by atoms with Crippen molar-refractivity contribution in [2.24, 2.45) is 0 Å². The number of rotatable bonds is 1. The van der Waals surface area contributed by atoms with Gasteiger partial charge in [-0.15, -0.1) is 0 Å². The average molecular weight is 153 g/mol. The molecule has 0 aromatic heterocycles. The molecule has 0 N–H and O–H groups in total. The summed E-state index contributed by atoms with van der Waals surface area (Å²) >= 11 is 0. The van der Waals surface area contributed by atoms with Crippen LogP contribution in [0, 0.1) is 0 Å². The fourth-order valence-corrected chi connectivity index (χ4v) is 2.55. The summed E-state index contributed by atoms with van der Waals surface area (Å²) in [5.74, 6) is 0.475. The van der Waals surface area contributed by atoms with E-state index in [0.29, 0.717) is 23.9 Å². The maximum absolute atomic E-state index is 11.0. The van der Waals surface area contributed by atoms with Crippen LogP contribution in [0.1, 0.15) is 33.1 Å². The molecule has 0 radical (unpaired) electrons. The molecular formula is C9H15NO. The van der Waals surface area contributed by atoms with E-state index in [9.17, 15) is 4.79 Å². The molecule has 0 spiro atoms. The van der Waals surface area contributed by atoms with Gasteiger partial charge >= 0.3 is 0 Å². The van der Waals surface area contributed by atoms with Crippen molar-refractivity contribution in [3.05, 3.63) is 0 Å². The molecule has 0 aromatic rings. The van der Waals surface area contributed by atoms with Crippen LogP contribution in [-0.4, -0.2) is 28.8 Å². The standard InChI is InChI=1S/C9H15NO/c1-6(2)10-7-3-8(10)5-9(11)4-7/h6-8H,3-5H2,1-2H3. The Morgan fingerprint density at radius 1 is 1.36 bits per heavy atom. The first kappa shape index (κ1) is 7.29. The van der Waals surface area contributed by atoms with Gasteiger partial charge in [0.1, 0.15) is 5.78 Å². The number of carbonyl (C=O) groups excluding carboxylic acids is 1. The van der Waals surface area contributed by atoms with Gasteiger partial charge < -0.3 is 0 Å². The highest BCUT2D eigenvalue weighted by Crippen LogP contribution is 2.37. The van der Waals surface area contributed by atoms with Crippen LogP contribution in [0.5, 0.6) is 0 Å². The van der Waals surface area contributed by atoms with Crippen molar-refractivity contribution in [2.45, 2.75) is 51.2 Å². The predicted molar refractivity (Wildman–Crippen MR) is 43.4 cm³/mol. The van der Waals surface area contributed by atoms with Crippen molar-refractivity contribution in [3.63, 3.8) is 0 Å². The Balaban J connectivity index is 2.04. The van der Waals surface area contributed by atoms with E-state index in [2.05, 4.69) is 18.7 Å². The molecule has 2 heterocycles. The maximum atomic E-state index is 11.0. The molecule has 2 unspecified atom stereocenters. The molecule has 1 saturated carbocycles. The van der Waals surface area contributed by atoms with Gasteiger partial charge in [-0.1, -0.05) is 0 Å². The third-order valence-corrected chi connectivity index (χ3v) is 2.91. The van der Waals surface area contributed by atoms with Crippen molar-refractivity contribution in [1.29, 1.82) is 0 Å². The molecule has 1 aliphatic carbocycles. The second-order valence-electron chi connectivity index (χ2n) is 4.03. The number of hydrogen-bond acceptors (Lipinski definition) is 2. The van der Waals surface area contributed by atoms with E-state index in [1.54, 1.807) is 0 Å². The molecule has 2 nitrogen and oxygen atoms in total. The molecule has 3 rings (SSSR count). The number of Topliss-reactive ketones (excluding diaryl/α,β-unsaturated/α-hetero) is 1. The highest BCUT2D eigenvalue weighted by Gasteiger charge is 2.45. The van der Waals surface area contributed by atoms with E-state index < -0.39 is 0 Å². The zero-order chi connectivity index (χ0) is 8.01. The number of hydrogen-bond donors (Lipinski definition) is 0. The van der Waals surface area contributed by atoms with Gasteiger partial charge in [-0.3, -0.25) is 9.69 Å². The van der Waals surface area contributed by atoms with Gasteiger partial charge in [0, 0.05) is 31.0 Å². The number of piperidine rings is 1. The summed E-state index contributed by atoms with van der Waals surface area (Å²) in [5, 5.41) is 0. The second-order valence-corrected chi connectivity index (χ2v) is 4.03. The van der Waals surface area contributed by atoms with E-state index in [0.717, 1.165) is 12.8 Å². The summed E-state index contributed by atoms with van der Waals surface area (Å²) in [6.07, 6.45) is 2.90. The van der Waals surface area contributed by atoms with E-state index in [1.165, 1.54) is 6.42 Å². The largest absolute Gasteiger partial charge is 0.300 e. The van der Waals surface area contributed by atoms with Crippen LogP contribution in [0.3, 0.4) is 0 Å². The number of fused-ring (bicyclic) bond motifs is 2. The Labute approximate surface area is 67.6 Å². The van der Waals surface area contributed by atoms with Gasteiger partial charge in [-0.2, -0.15) is 0 Å². The lowest BCUT2D eigenvalue weighted by molar-refractivity contribution is -0.136. The highest BCUT2D eigenvalue weighted by atomic mass is 16.1. The second kappa shape index (κ2) is 2.31. The quantitative estimate of drug-likeness (QED) is 0.564. The van der Waals surface area contributed by atoms with Crippen molar-refractivity contribution in [3.8, 4) is 0 Å². The van der Waals surface area contributed by atoms with Crippen LogP contribution >= 0.6 is 0 Å². The first-order valence-electron chi connectivity index (χ1n) is 4.47. The maximum Gasteiger partial charge on any atom is 0.136 e. The smallest absolute Gasteiger partial charge is 0.136 e. The Hall–Kier alpha value is -0.370. The Bertz CT molecular complexity index is 174. The van der Waals surface area contributed by atoms with Crippen LogP contribution < -0.4 is 0 Å². The molecule has 3 fully saturated rings. The molecule has 0 amide bonds. The molecule has 2 bridgehead atoms. The minimum Gasteiger partial charge on any atom is -0.300 e. The van der Waals surface area contributed by atoms with E-state index in [4.69, 9.17) is 0 Å². The summed E-state index contributed by atoms with van der Waals surface area (Å²) in [4.78, 5) is 13.5. The summed E-state index contributed by atoms with van der Waals surface area (Å²) in [5.41, 5.74) is 0. The third kappa shape index (κ3) is 1.00. The van der Waals surface area contributed by atoms with Gasteiger partial charge in [-0.25, -0.2) is 0 Å². The predicted octanol–water partition coefficient (Wildman–Crippen LogP) is 1.20. The van der Waals surface area contributed by atoms with Crippen molar-refractivity contribution >= 4 is 5.78 Å². The molecule has 3 aliphatic rings. The van der Waals surface area contributed by atoms with Gasteiger partial charge in [0.2, 0.25) is 0 Å². The van der Waals surface area contributed by atoms with Crippen LogP contribution in [0.15, 0.2) is 0 Å². The van der Waals surface area contributed by atoms with E-state index >= 15 is 0 Å². The highest BCUT2D eigenvalue weighted by molar-refractivity contribution is 5.81. The average Bonchev–Trinajstić information content (AvgIpc) is 1.84. The number of ketones is 1. The Morgan fingerprint density at radius 3 is 2.36 bits per heavy atom. The molecule has 2 heteroatoms. The zero-order valence-corrected chi connectivity index (χ0v) is 7.21. The van der Waals surface area contributed by atoms with E-state index in [1.807, 2.05) is 0 Å². The molecule has 2 saturated heterocycles. The van der Waals surface area contributed by atoms with Crippen LogP contribution in [0.2, 0.25) is 0 Å². The van der Waals surface area contributed by atoms with Crippen LogP contribution in [-0.2, 0) is 4.79 Å². The fourth-order valence-electron chi connectivity index (χ4n) is 2.55. The molecule has 0 aromatic carbocycles. The van der Waals surface area contributed by atoms with Gasteiger partial charge in [0.15, 0.2) is 0 Å². The Kier molecular flexibility index (Phi) is 1.53. The monoisotopic (exact) mass is 153 g/mol. The van der Waals surface area contributed by atoms with Crippen molar-refractivity contribution in [1.82, 2.24) is 4.90 Å². The molecule has 2 aliphatic heterocycles. The lowest BCUT2D eigenvalue weighted by atomic mass is 9.78. The summed E-state index contributed by atoms with van der Waals surface area (Å²) in [7, 11) is 0. The SMILES string of the molecule is CC(C)N1C2CC(=O)CC1C2. The first-order valence-corrected chi connectivity index (χ1v) is 4.47. The minimum absolute atomic E-state index is 0.475. The molecule has 2 atom stereocenters. The van der Waals surface area contributed by atoms with E-state index in [-0.39, 0.29) is 0 Å². The fraction of sp³-hybridized carbons (Fsp3) is 0.889. The molecule has 62 valence electrons. The first-order chi connectivity index (χ1) is 5.18. The topological polar surface area (TPSA) is 20.3 Å². The number of nitrogens with zero attached hydrogens (tertiary/aromatic N) is 1. The third-order valence-electron chi connectivity index (χ3n) is 2.91. The van der Waals surface area contributed by atoms with Crippen LogP contribution in [0.25, 0.3) is 0 Å². The molecular weight excluding hydrogens is 138 g/mol. The molecule has 11 heavy (non-hydrogen) atoms. The van der Waals surface area contributed by atoms with Crippen molar-refractivity contribution in [2.75, 3.05) is 0 Å².